The molecule has 0 aliphatic carbocycles. The van der Waals surface area contributed by atoms with Gasteiger partial charge in [0.2, 0.25) is 10.4 Å². The first-order valence-electron chi connectivity index (χ1n) is 6.84. The summed E-state index contributed by atoms with van der Waals surface area (Å²) in [5.41, 5.74) is 0. The van der Waals surface area contributed by atoms with Gasteiger partial charge < -0.3 is 9.45 Å². The summed E-state index contributed by atoms with van der Waals surface area (Å²) in [6.45, 7) is 12.6. The minimum atomic E-state index is -4.44. The van der Waals surface area contributed by atoms with Crippen LogP contribution in [0.5, 0.6) is 0 Å². The fraction of sp³-hybridized carbons (Fsp3) is 1.00. The van der Waals surface area contributed by atoms with Crippen molar-refractivity contribution >= 4 is 10.4 Å². The molecule has 0 aromatic heterocycles. The van der Waals surface area contributed by atoms with Gasteiger partial charge in [-0.2, -0.15) is 0 Å². The Bertz CT molecular complexity index is 241. The molecule has 0 atom stereocenters. The van der Waals surface area contributed by atoms with Crippen molar-refractivity contribution in [3.05, 3.63) is 0 Å². The molecule has 18 heavy (non-hydrogen) atoms. The lowest BCUT2D eigenvalue weighted by molar-refractivity contribution is -0.900. The Morgan fingerprint density at radius 3 is 1.44 bits per heavy atom. The van der Waals surface area contributed by atoms with Crippen molar-refractivity contribution in [1.82, 2.24) is 0 Å². The van der Waals surface area contributed by atoms with Crippen LogP contribution in [0.4, 0.5) is 0 Å². The zero-order chi connectivity index (χ0) is 14.4. The van der Waals surface area contributed by atoms with Crippen LogP contribution in [0.15, 0.2) is 0 Å². The normalized spacial score (nSPS) is 11.2. The molecule has 1 N–H and O–H groups in total. The Kier molecular flexibility index (Phi) is 14.9. The van der Waals surface area contributed by atoms with Gasteiger partial charge in [0.1, 0.15) is 0 Å². The summed E-state index contributed by atoms with van der Waals surface area (Å²) in [5.74, 6) is 0. The van der Waals surface area contributed by atoms with E-state index in [0.717, 1.165) is 0 Å². The van der Waals surface area contributed by atoms with Crippen molar-refractivity contribution in [2.75, 3.05) is 26.2 Å². The first-order chi connectivity index (χ1) is 8.41. The van der Waals surface area contributed by atoms with E-state index in [4.69, 9.17) is 0 Å². The SMILES string of the molecule is CCCOS(=O)(=O)[O-].CCC[NH+](CCC)CCC. The smallest absolute Gasteiger partial charge is 0.217 e. The molecule has 0 bridgehead atoms. The van der Waals surface area contributed by atoms with Crippen LogP contribution in [0.1, 0.15) is 53.4 Å². The van der Waals surface area contributed by atoms with Gasteiger partial charge >= 0.3 is 0 Å². The van der Waals surface area contributed by atoms with E-state index in [0.29, 0.717) is 6.42 Å². The molecule has 0 aliphatic heterocycles. The summed E-state index contributed by atoms with van der Waals surface area (Å²) in [6.07, 6.45) is 4.52. The number of quaternary nitrogens is 1. The maximum atomic E-state index is 9.61. The lowest BCUT2D eigenvalue weighted by Gasteiger charge is -2.16. The highest BCUT2D eigenvalue weighted by Crippen LogP contribution is 1.86. The Hall–Kier alpha value is -0.170. The third-order valence-electron chi connectivity index (χ3n) is 2.24. The topological polar surface area (TPSA) is 70.9 Å². The van der Waals surface area contributed by atoms with Gasteiger partial charge in [0.15, 0.2) is 0 Å². The zero-order valence-electron chi connectivity index (χ0n) is 12.2. The van der Waals surface area contributed by atoms with E-state index in [1.807, 2.05) is 0 Å². The third-order valence-corrected chi connectivity index (χ3v) is 2.70. The third kappa shape index (κ3) is 18.2. The number of hydrogen-bond donors (Lipinski definition) is 1. The summed E-state index contributed by atoms with van der Waals surface area (Å²) >= 11 is 0. The summed E-state index contributed by atoms with van der Waals surface area (Å²) in [5, 5.41) is 0. The van der Waals surface area contributed by atoms with E-state index in [-0.39, 0.29) is 6.61 Å². The second kappa shape index (κ2) is 13.3. The minimum absolute atomic E-state index is 0.0220. The van der Waals surface area contributed by atoms with Gasteiger partial charge in [0, 0.05) is 0 Å². The molecule has 0 rings (SSSR count). The monoisotopic (exact) mass is 283 g/mol. The van der Waals surface area contributed by atoms with Crippen molar-refractivity contribution in [3.63, 3.8) is 0 Å². The molecule has 0 aromatic rings. The number of rotatable bonds is 9. The maximum Gasteiger partial charge on any atom is 0.217 e. The lowest BCUT2D eigenvalue weighted by Crippen LogP contribution is -3.11. The van der Waals surface area contributed by atoms with E-state index in [1.165, 1.54) is 38.9 Å². The maximum absolute atomic E-state index is 9.61. The van der Waals surface area contributed by atoms with Gasteiger partial charge in [-0.25, -0.2) is 8.42 Å². The molecule has 0 radical (unpaired) electrons. The minimum Gasteiger partial charge on any atom is -0.726 e. The average molecular weight is 283 g/mol. The molecule has 0 heterocycles. The van der Waals surface area contributed by atoms with Gasteiger partial charge in [-0.3, -0.25) is 4.18 Å². The average Bonchev–Trinajstić information content (AvgIpc) is 2.27. The molecule has 0 spiro atoms. The molecular weight excluding hydrogens is 254 g/mol. The van der Waals surface area contributed by atoms with Crippen molar-refractivity contribution in [2.45, 2.75) is 53.4 Å². The van der Waals surface area contributed by atoms with E-state index >= 15 is 0 Å². The Morgan fingerprint density at radius 1 is 0.889 bits per heavy atom. The molecule has 0 saturated heterocycles. The van der Waals surface area contributed by atoms with Crippen LogP contribution in [0.3, 0.4) is 0 Å². The molecule has 6 heteroatoms. The van der Waals surface area contributed by atoms with Gasteiger partial charge in [-0.15, -0.1) is 0 Å². The van der Waals surface area contributed by atoms with Crippen LogP contribution >= 0.6 is 0 Å². The summed E-state index contributed by atoms with van der Waals surface area (Å²) in [4.78, 5) is 1.78. The fourth-order valence-electron chi connectivity index (χ4n) is 1.62. The second-order valence-electron chi connectivity index (χ2n) is 4.23. The molecular formula is C12H29NO4S. The van der Waals surface area contributed by atoms with E-state index in [2.05, 4.69) is 25.0 Å². The Balaban J connectivity index is 0. The molecule has 0 fully saturated rings. The molecule has 0 saturated carbocycles. The van der Waals surface area contributed by atoms with Crippen LogP contribution in [-0.2, 0) is 14.6 Å². The van der Waals surface area contributed by atoms with E-state index in [1.54, 1.807) is 11.8 Å². The van der Waals surface area contributed by atoms with Gasteiger partial charge in [0.25, 0.3) is 0 Å². The summed E-state index contributed by atoms with van der Waals surface area (Å²) in [7, 11) is -4.44. The van der Waals surface area contributed by atoms with Crippen LogP contribution in [-0.4, -0.2) is 39.2 Å². The summed E-state index contributed by atoms with van der Waals surface area (Å²) in [6, 6.07) is 0. The van der Waals surface area contributed by atoms with Gasteiger partial charge in [-0.05, 0) is 25.7 Å². The standard InChI is InChI=1S/C9H21N.C3H8O4S/c1-4-7-10(8-5-2)9-6-3;1-2-3-7-8(4,5)6/h4-9H2,1-3H3;2-3H2,1H3,(H,4,5,6). The highest BCUT2D eigenvalue weighted by molar-refractivity contribution is 7.80. The Morgan fingerprint density at radius 2 is 1.28 bits per heavy atom. The van der Waals surface area contributed by atoms with Crippen LogP contribution < -0.4 is 4.90 Å². The fourth-order valence-corrected chi connectivity index (χ4v) is 1.99. The Labute approximate surface area is 112 Å². The molecule has 0 amide bonds. The number of hydrogen-bond acceptors (Lipinski definition) is 4. The van der Waals surface area contributed by atoms with Crippen molar-refractivity contribution < 1.29 is 22.1 Å². The quantitative estimate of drug-likeness (QED) is 0.506. The van der Waals surface area contributed by atoms with Crippen molar-refractivity contribution in [2.24, 2.45) is 0 Å². The van der Waals surface area contributed by atoms with Crippen LogP contribution in [0.2, 0.25) is 0 Å². The molecule has 0 aliphatic rings. The predicted molar refractivity (Wildman–Crippen MR) is 72.4 cm³/mol. The number of nitrogens with one attached hydrogen (secondary N) is 1. The van der Waals surface area contributed by atoms with E-state index < -0.39 is 10.4 Å². The second-order valence-corrected chi connectivity index (χ2v) is 5.28. The molecule has 5 nitrogen and oxygen atoms in total. The summed E-state index contributed by atoms with van der Waals surface area (Å²) < 4.78 is 32.6. The molecule has 112 valence electrons. The van der Waals surface area contributed by atoms with Crippen molar-refractivity contribution in [1.29, 1.82) is 0 Å². The first-order valence-corrected chi connectivity index (χ1v) is 8.18. The van der Waals surface area contributed by atoms with Gasteiger partial charge in [-0.1, -0.05) is 27.7 Å². The first kappa shape index (κ1) is 20.2. The van der Waals surface area contributed by atoms with Crippen LogP contribution in [0, 0.1) is 0 Å². The zero-order valence-corrected chi connectivity index (χ0v) is 13.0. The predicted octanol–water partition coefficient (Wildman–Crippen LogP) is 0.975. The van der Waals surface area contributed by atoms with Crippen molar-refractivity contribution in [3.8, 4) is 0 Å². The highest BCUT2D eigenvalue weighted by Gasteiger charge is 2.01. The highest BCUT2D eigenvalue weighted by atomic mass is 32.3. The van der Waals surface area contributed by atoms with E-state index in [9.17, 15) is 13.0 Å². The van der Waals surface area contributed by atoms with Gasteiger partial charge in [0.05, 0.1) is 26.2 Å². The van der Waals surface area contributed by atoms with Crippen LogP contribution in [0.25, 0.3) is 0 Å². The lowest BCUT2D eigenvalue weighted by atomic mass is 10.3. The molecule has 0 unspecified atom stereocenters. The molecule has 0 aromatic carbocycles. The largest absolute Gasteiger partial charge is 0.726 e.